The highest BCUT2D eigenvalue weighted by Gasteiger charge is 2.30. The molecule has 1 N–H and O–H groups in total. The van der Waals surface area contributed by atoms with Crippen LogP contribution in [-0.4, -0.2) is 58.6 Å². The lowest BCUT2D eigenvalue weighted by molar-refractivity contribution is 0.0782. The molecule has 1 unspecified atom stereocenters. The van der Waals surface area contributed by atoms with Gasteiger partial charge in [0, 0.05) is 25.8 Å². The molecular weight excluding hydrogens is 331 g/mol. The van der Waals surface area contributed by atoms with Gasteiger partial charge in [-0.15, -0.1) is 0 Å². The lowest BCUT2D eigenvalue weighted by Gasteiger charge is -2.33. The van der Waals surface area contributed by atoms with Gasteiger partial charge in [0.05, 0.1) is 11.8 Å². The summed E-state index contributed by atoms with van der Waals surface area (Å²) in [6, 6.07) is 6.97. The standard InChI is InChI=1S/C20H25FN4O/c21-19-3-1-16(2-4-19)17-6-8-24(9-7-17)13-15-5-10-25(14-15)20(26)18-11-22-23-12-18/h1-4,11-12,15,17H,5-10,13-14H2,(H,22,23). The van der Waals surface area contributed by atoms with Crippen molar-refractivity contribution >= 4 is 5.91 Å². The van der Waals surface area contributed by atoms with Crippen molar-refractivity contribution in [2.75, 3.05) is 32.7 Å². The van der Waals surface area contributed by atoms with E-state index in [-0.39, 0.29) is 11.7 Å². The van der Waals surface area contributed by atoms with Crippen LogP contribution in [0.5, 0.6) is 0 Å². The topological polar surface area (TPSA) is 52.2 Å². The Bertz CT molecular complexity index is 723. The maximum absolute atomic E-state index is 13.1. The molecule has 3 heterocycles. The molecule has 0 bridgehead atoms. The second-order valence-electron chi connectivity index (χ2n) is 7.52. The summed E-state index contributed by atoms with van der Waals surface area (Å²) in [5.41, 5.74) is 1.90. The molecule has 0 saturated carbocycles. The summed E-state index contributed by atoms with van der Waals surface area (Å²) >= 11 is 0. The normalized spacial score (nSPS) is 22.0. The monoisotopic (exact) mass is 356 g/mol. The largest absolute Gasteiger partial charge is 0.338 e. The van der Waals surface area contributed by atoms with E-state index in [9.17, 15) is 9.18 Å². The number of amides is 1. The van der Waals surface area contributed by atoms with Crippen molar-refractivity contribution < 1.29 is 9.18 Å². The number of halogens is 1. The van der Waals surface area contributed by atoms with Gasteiger partial charge in [0.15, 0.2) is 0 Å². The number of carbonyl (C=O) groups excluding carboxylic acids is 1. The number of aromatic nitrogens is 2. The minimum Gasteiger partial charge on any atom is -0.338 e. The first-order chi connectivity index (χ1) is 12.7. The van der Waals surface area contributed by atoms with Gasteiger partial charge in [-0.3, -0.25) is 9.89 Å². The average molecular weight is 356 g/mol. The molecule has 2 saturated heterocycles. The highest BCUT2D eigenvalue weighted by molar-refractivity contribution is 5.93. The van der Waals surface area contributed by atoms with Crippen LogP contribution in [0.1, 0.15) is 41.1 Å². The number of aromatic amines is 1. The number of nitrogens with zero attached hydrogens (tertiary/aromatic N) is 3. The highest BCUT2D eigenvalue weighted by atomic mass is 19.1. The van der Waals surface area contributed by atoms with Crippen molar-refractivity contribution in [3.63, 3.8) is 0 Å². The number of carbonyl (C=O) groups is 1. The van der Waals surface area contributed by atoms with Gasteiger partial charge < -0.3 is 9.80 Å². The predicted molar refractivity (Wildman–Crippen MR) is 97.4 cm³/mol. The third-order valence-corrected chi connectivity index (χ3v) is 5.76. The Morgan fingerprint density at radius 2 is 1.92 bits per heavy atom. The summed E-state index contributed by atoms with van der Waals surface area (Å²) in [6.45, 7) is 4.89. The molecule has 1 atom stereocenters. The second kappa shape index (κ2) is 7.58. The molecule has 4 rings (SSSR count). The van der Waals surface area contributed by atoms with Gasteiger partial charge in [-0.2, -0.15) is 5.10 Å². The van der Waals surface area contributed by atoms with Crippen molar-refractivity contribution in [3.05, 3.63) is 53.6 Å². The Kier molecular flexibility index (Phi) is 5.02. The van der Waals surface area contributed by atoms with E-state index < -0.39 is 0 Å². The molecule has 0 spiro atoms. The van der Waals surface area contributed by atoms with Gasteiger partial charge in [-0.25, -0.2) is 4.39 Å². The molecule has 26 heavy (non-hydrogen) atoms. The van der Waals surface area contributed by atoms with Crippen LogP contribution in [0.2, 0.25) is 0 Å². The first-order valence-corrected chi connectivity index (χ1v) is 9.45. The van der Waals surface area contributed by atoms with E-state index in [0.717, 1.165) is 52.0 Å². The maximum atomic E-state index is 13.1. The minimum absolute atomic E-state index is 0.0799. The molecule has 2 aliphatic heterocycles. The van der Waals surface area contributed by atoms with Crippen LogP contribution < -0.4 is 0 Å². The molecule has 2 aliphatic rings. The number of benzene rings is 1. The van der Waals surface area contributed by atoms with Crippen LogP contribution in [0, 0.1) is 11.7 Å². The molecule has 6 heteroatoms. The Morgan fingerprint density at radius 1 is 1.15 bits per heavy atom. The Hall–Kier alpha value is -2.21. The van der Waals surface area contributed by atoms with Gasteiger partial charge in [-0.05, 0) is 61.9 Å². The Balaban J connectivity index is 1.25. The van der Waals surface area contributed by atoms with Gasteiger partial charge in [0.1, 0.15) is 5.82 Å². The highest BCUT2D eigenvalue weighted by Crippen LogP contribution is 2.29. The first-order valence-electron chi connectivity index (χ1n) is 9.45. The third kappa shape index (κ3) is 3.80. The predicted octanol–water partition coefficient (Wildman–Crippen LogP) is 2.89. The summed E-state index contributed by atoms with van der Waals surface area (Å²) in [6.07, 6.45) is 6.57. The summed E-state index contributed by atoms with van der Waals surface area (Å²) < 4.78 is 13.1. The quantitative estimate of drug-likeness (QED) is 0.916. The van der Waals surface area contributed by atoms with Crippen molar-refractivity contribution in [2.45, 2.75) is 25.2 Å². The number of H-pyrrole nitrogens is 1. The van der Waals surface area contributed by atoms with Gasteiger partial charge >= 0.3 is 0 Å². The summed E-state index contributed by atoms with van der Waals surface area (Å²) in [7, 11) is 0. The number of hydrogen-bond donors (Lipinski definition) is 1. The van der Waals surface area contributed by atoms with Gasteiger partial charge in [0.25, 0.3) is 5.91 Å². The van der Waals surface area contributed by atoms with Crippen molar-refractivity contribution in [3.8, 4) is 0 Å². The zero-order valence-electron chi connectivity index (χ0n) is 14.9. The van der Waals surface area contributed by atoms with Crippen LogP contribution in [0.25, 0.3) is 0 Å². The number of hydrogen-bond acceptors (Lipinski definition) is 3. The van der Waals surface area contributed by atoms with Crippen molar-refractivity contribution in [2.24, 2.45) is 5.92 Å². The van der Waals surface area contributed by atoms with Crippen molar-refractivity contribution in [1.29, 1.82) is 0 Å². The molecule has 2 fully saturated rings. The lowest BCUT2D eigenvalue weighted by Crippen LogP contribution is -2.37. The Morgan fingerprint density at radius 3 is 2.62 bits per heavy atom. The van der Waals surface area contributed by atoms with E-state index in [1.807, 2.05) is 17.0 Å². The third-order valence-electron chi connectivity index (χ3n) is 5.76. The fourth-order valence-electron chi connectivity index (χ4n) is 4.27. The summed E-state index contributed by atoms with van der Waals surface area (Å²) in [5.74, 6) is 1.00. The fourth-order valence-corrected chi connectivity index (χ4v) is 4.27. The average Bonchev–Trinajstić information content (AvgIpc) is 3.35. The molecule has 0 aliphatic carbocycles. The van der Waals surface area contributed by atoms with Crippen LogP contribution >= 0.6 is 0 Å². The lowest BCUT2D eigenvalue weighted by atomic mass is 9.89. The first kappa shape index (κ1) is 17.2. The van der Waals surface area contributed by atoms with Crippen LogP contribution in [0.4, 0.5) is 4.39 Å². The number of rotatable bonds is 4. The fraction of sp³-hybridized carbons (Fsp3) is 0.500. The van der Waals surface area contributed by atoms with Crippen LogP contribution in [0.3, 0.4) is 0 Å². The van der Waals surface area contributed by atoms with Gasteiger partial charge in [-0.1, -0.05) is 12.1 Å². The van der Waals surface area contributed by atoms with E-state index in [1.54, 1.807) is 24.5 Å². The summed E-state index contributed by atoms with van der Waals surface area (Å²) in [4.78, 5) is 16.9. The molecule has 0 radical (unpaired) electrons. The molecule has 138 valence electrons. The smallest absolute Gasteiger partial charge is 0.257 e. The molecule has 1 aromatic carbocycles. The maximum Gasteiger partial charge on any atom is 0.257 e. The second-order valence-corrected chi connectivity index (χ2v) is 7.52. The number of piperidine rings is 1. The van der Waals surface area contributed by atoms with E-state index >= 15 is 0 Å². The molecule has 1 aromatic heterocycles. The SMILES string of the molecule is O=C(c1cn[nH]c1)N1CCC(CN2CCC(c3ccc(F)cc3)CC2)C1. The molecule has 1 amide bonds. The van der Waals surface area contributed by atoms with E-state index in [1.165, 1.54) is 5.56 Å². The van der Waals surface area contributed by atoms with Crippen LogP contribution in [-0.2, 0) is 0 Å². The summed E-state index contributed by atoms with van der Waals surface area (Å²) in [5, 5.41) is 6.57. The van der Waals surface area contributed by atoms with Gasteiger partial charge in [0.2, 0.25) is 0 Å². The zero-order valence-corrected chi connectivity index (χ0v) is 14.9. The van der Waals surface area contributed by atoms with Crippen molar-refractivity contribution in [1.82, 2.24) is 20.0 Å². The number of likely N-dealkylation sites (tertiary alicyclic amines) is 2. The van der Waals surface area contributed by atoms with E-state index in [0.29, 0.717) is 17.4 Å². The van der Waals surface area contributed by atoms with Crippen LogP contribution in [0.15, 0.2) is 36.7 Å². The number of nitrogens with one attached hydrogen (secondary N) is 1. The van der Waals surface area contributed by atoms with E-state index in [4.69, 9.17) is 0 Å². The molecular formula is C20H25FN4O. The minimum atomic E-state index is -0.165. The Labute approximate surface area is 153 Å². The molecule has 5 nitrogen and oxygen atoms in total. The van der Waals surface area contributed by atoms with E-state index in [2.05, 4.69) is 15.1 Å². The molecule has 2 aromatic rings. The zero-order chi connectivity index (χ0) is 17.9.